The lowest BCUT2D eigenvalue weighted by Crippen LogP contribution is -2.45. The van der Waals surface area contributed by atoms with Crippen LogP contribution in [0.5, 0.6) is 5.75 Å². The van der Waals surface area contributed by atoms with Crippen molar-refractivity contribution < 1.29 is 27.6 Å². The molecule has 0 aliphatic heterocycles. The zero-order valence-electron chi connectivity index (χ0n) is 19.1. The summed E-state index contributed by atoms with van der Waals surface area (Å²) in [6.45, 7) is 5.20. The molecule has 1 aromatic rings. The molecule has 1 unspecified atom stereocenters. The maximum absolute atomic E-state index is 13.5. The molecular formula is C23H36F2N2O4S. The Kier molecular flexibility index (Phi) is 11.0. The maximum atomic E-state index is 13.5. The first kappa shape index (κ1) is 26.7. The average molecular weight is 475 g/mol. The largest absolute Gasteiger partial charge is 0.593 e. The number of carbonyl (C=O) groups excluding carboxylic acids is 1. The van der Waals surface area contributed by atoms with Crippen molar-refractivity contribution in [3.63, 3.8) is 0 Å². The Morgan fingerprint density at radius 3 is 2.59 bits per heavy atom. The zero-order valence-corrected chi connectivity index (χ0v) is 19.9. The Balaban J connectivity index is 1.81. The topological polar surface area (TPSA) is 87.8 Å². The van der Waals surface area contributed by atoms with Crippen LogP contribution in [0.4, 0.5) is 13.6 Å². The van der Waals surface area contributed by atoms with Gasteiger partial charge in [0.25, 0.3) is 0 Å². The summed E-state index contributed by atoms with van der Waals surface area (Å²) in [6.07, 6.45) is 3.79. The second-order valence-corrected chi connectivity index (χ2v) is 9.44. The number of hydrogen-bond donors (Lipinski definition) is 1. The van der Waals surface area contributed by atoms with E-state index in [4.69, 9.17) is 14.6 Å². The average Bonchev–Trinajstić information content (AvgIpc) is 2.73. The van der Waals surface area contributed by atoms with Crippen LogP contribution in [-0.4, -0.2) is 47.3 Å². The lowest BCUT2D eigenvalue weighted by atomic mass is 9.91. The van der Waals surface area contributed by atoms with E-state index in [2.05, 4.69) is 0 Å². The summed E-state index contributed by atoms with van der Waals surface area (Å²) in [4.78, 5) is 14.7. The van der Waals surface area contributed by atoms with Crippen LogP contribution in [-0.2, 0) is 16.1 Å². The van der Waals surface area contributed by atoms with Gasteiger partial charge in [0.2, 0.25) is 10.8 Å². The van der Waals surface area contributed by atoms with Crippen LogP contribution in [0.3, 0.4) is 0 Å². The molecule has 1 aliphatic carbocycles. The van der Waals surface area contributed by atoms with E-state index in [-0.39, 0.29) is 18.9 Å². The van der Waals surface area contributed by atoms with Gasteiger partial charge in [0, 0.05) is 25.4 Å². The third kappa shape index (κ3) is 8.75. The Labute approximate surface area is 193 Å². The van der Waals surface area contributed by atoms with Crippen LogP contribution in [0, 0.1) is 6.92 Å². The summed E-state index contributed by atoms with van der Waals surface area (Å²) >= 11 is -1.62. The molecule has 0 saturated heterocycles. The van der Waals surface area contributed by atoms with Gasteiger partial charge in [0.05, 0.1) is 24.6 Å². The fourth-order valence-corrected chi connectivity index (χ4v) is 4.30. The molecule has 1 fully saturated rings. The highest BCUT2D eigenvalue weighted by Gasteiger charge is 2.38. The number of carbonyl (C=O) groups is 1. The van der Waals surface area contributed by atoms with Gasteiger partial charge in [0.15, 0.2) is 5.75 Å². The van der Waals surface area contributed by atoms with Crippen molar-refractivity contribution in [1.29, 1.82) is 0 Å². The first-order chi connectivity index (χ1) is 15.2. The summed E-state index contributed by atoms with van der Waals surface area (Å²) in [5.41, 5.74) is 0.990. The SMILES string of the molecule is CCCCOC(=O)N(CCCCCOc1cc(C)ccc1[S+](N)[O-])C1CCC(F)(F)CC1. The second kappa shape index (κ2) is 13.2. The van der Waals surface area contributed by atoms with E-state index < -0.39 is 23.4 Å². The second-order valence-electron chi connectivity index (χ2n) is 8.41. The Morgan fingerprint density at radius 1 is 1.22 bits per heavy atom. The molecule has 2 rings (SSSR count). The van der Waals surface area contributed by atoms with Crippen LogP contribution in [0.25, 0.3) is 0 Å². The predicted octanol–water partition coefficient (Wildman–Crippen LogP) is 5.34. The number of benzene rings is 1. The van der Waals surface area contributed by atoms with Gasteiger partial charge < -0.3 is 18.9 Å². The van der Waals surface area contributed by atoms with E-state index >= 15 is 0 Å². The minimum Gasteiger partial charge on any atom is -0.593 e. The van der Waals surface area contributed by atoms with Crippen molar-refractivity contribution >= 4 is 17.5 Å². The van der Waals surface area contributed by atoms with Crippen LogP contribution >= 0.6 is 0 Å². The van der Waals surface area contributed by atoms with Crippen LogP contribution in [0.15, 0.2) is 23.1 Å². The van der Waals surface area contributed by atoms with Crippen LogP contribution < -0.4 is 9.88 Å². The highest BCUT2D eigenvalue weighted by molar-refractivity contribution is 7.89. The first-order valence-corrected chi connectivity index (χ1v) is 12.7. The summed E-state index contributed by atoms with van der Waals surface area (Å²) in [5, 5.41) is 5.51. The highest BCUT2D eigenvalue weighted by Crippen LogP contribution is 2.35. The summed E-state index contributed by atoms with van der Waals surface area (Å²) in [7, 11) is 0. The number of ether oxygens (including phenoxy) is 2. The van der Waals surface area contributed by atoms with E-state index in [1.807, 2.05) is 26.0 Å². The van der Waals surface area contributed by atoms with Crippen molar-refractivity contribution in [3.8, 4) is 5.75 Å². The molecule has 2 N–H and O–H groups in total. The molecule has 1 amide bonds. The molecule has 0 aromatic heterocycles. The molecule has 1 aromatic carbocycles. The minimum absolute atomic E-state index is 0.189. The number of amides is 1. The van der Waals surface area contributed by atoms with Crippen LogP contribution in [0.1, 0.15) is 70.3 Å². The zero-order chi connectivity index (χ0) is 23.6. The van der Waals surface area contributed by atoms with Gasteiger partial charge in [-0.1, -0.05) is 19.4 Å². The van der Waals surface area contributed by atoms with Crippen molar-refractivity contribution in [2.75, 3.05) is 19.8 Å². The number of alkyl halides is 2. The lowest BCUT2D eigenvalue weighted by molar-refractivity contribution is -0.0529. The van der Waals surface area contributed by atoms with Gasteiger partial charge in [-0.05, 0) is 63.1 Å². The van der Waals surface area contributed by atoms with Crippen molar-refractivity contribution in [1.82, 2.24) is 4.90 Å². The number of nitrogens with two attached hydrogens (primary N) is 1. The molecular weight excluding hydrogens is 438 g/mol. The quantitative estimate of drug-likeness (QED) is 0.326. The Hall–Kier alpha value is -1.58. The number of rotatable bonds is 12. The summed E-state index contributed by atoms with van der Waals surface area (Å²) in [6, 6.07) is 5.15. The molecule has 0 spiro atoms. The van der Waals surface area contributed by atoms with Gasteiger partial charge in [-0.2, -0.15) is 0 Å². The normalized spacial score (nSPS) is 17.1. The van der Waals surface area contributed by atoms with Crippen molar-refractivity contribution in [2.45, 2.75) is 88.5 Å². The fourth-order valence-electron chi connectivity index (χ4n) is 3.78. The molecule has 182 valence electrons. The predicted molar refractivity (Wildman–Crippen MR) is 121 cm³/mol. The Morgan fingerprint density at radius 2 is 1.94 bits per heavy atom. The molecule has 9 heteroatoms. The van der Waals surface area contributed by atoms with E-state index in [0.29, 0.717) is 43.2 Å². The minimum atomic E-state index is -2.63. The summed E-state index contributed by atoms with van der Waals surface area (Å²) < 4.78 is 49.9. The van der Waals surface area contributed by atoms with Gasteiger partial charge in [-0.3, -0.25) is 0 Å². The fraction of sp³-hybridized carbons (Fsp3) is 0.696. The molecule has 0 heterocycles. The molecule has 6 nitrogen and oxygen atoms in total. The van der Waals surface area contributed by atoms with Gasteiger partial charge in [-0.25, -0.2) is 13.6 Å². The number of aryl methyl sites for hydroxylation is 1. The number of unbranched alkanes of at least 4 members (excludes halogenated alkanes) is 3. The number of halogens is 2. The van der Waals surface area contributed by atoms with Crippen LogP contribution in [0.2, 0.25) is 0 Å². The molecule has 0 bridgehead atoms. The smallest absolute Gasteiger partial charge is 0.410 e. The lowest BCUT2D eigenvalue weighted by Gasteiger charge is -2.36. The van der Waals surface area contributed by atoms with Gasteiger partial charge in [-0.15, -0.1) is 5.14 Å². The third-order valence-corrected chi connectivity index (χ3v) is 6.47. The standard InChI is InChI=1S/C23H36F2N2O4S/c1-3-4-15-31-22(28)27(19-10-12-23(24,25)13-11-19)14-6-5-7-16-30-20-17-18(2)8-9-21(20)32(26)29/h8-9,17,19H,3-7,10-16,26H2,1-2H3. The molecule has 1 saturated carbocycles. The summed E-state index contributed by atoms with van der Waals surface area (Å²) in [5.74, 6) is -2.11. The monoisotopic (exact) mass is 474 g/mol. The van der Waals surface area contributed by atoms with Crippen molar-refractivity contribution in [3.05, 3.63) is 23.8 Å². The van der Waals surface area contributed by atoms with Crippen molar-refractivity contribution in [2.24, 2.45) is 5.14 Å². The number of hydrogen-bond acceptors (Lipinski definition) is 5. The first-order valence-electron chi connectivity index (χ1n) is 11.4. The third-order valence-electron chi connectivity index (χ3n) is 5.70. The van der Waals surface area contributed by atoms with Gasteiger partial charge in [0.1, 0.15) is 0 Å². The molecule has 32 heavy (non-hydrogen) atoms. The Bertz CT molecular complexity index is 711. The van der Waals surface area contributed by atoms with Gasteiger partial charge >= 0.3 is 6.09 Å². The van der Waals surface area contributed by atoms with E-state index in [1.165, 1.54) is 0 Å². The van der Waals surface area contributed by atoms with E-state index in [1.54, 1.807) is 11.0 Å². The van der Waals surface area contributed by atoms with E-state index in [0.717, 1.165) is 37.7 Å². The molecule has 0 radical (unpaired) electrons. The molecule has 1 atom stereocenters. The number of nitrogens with zero attached hydrogens (tertiary/aromatic N) is 1. The molecule has 1 aliphatic rings. The maximum Gasteiger partial charge on any atom is 0.410 e. The highest BCUT2D eigenvalue weighted by atomic mass is 32.2. The van der Waals surface area contributed by atoms with E-state index in [9.17, 15) is 18.1 Å².